The lowest BCUT2D eigenvalue weighted by atomic mass is 9.71. The number of fused-ring (bicyclic) bond motifs is 2. The summed E-state index contributed by atoms with van der Waals surface area (Å²) in [6.07, 6.45) is 7.77. The van der Waals surface area contributed by atoms with E-state index in [1.165, 1.54) is 19.3 Å². The Bertz CT molecular complexity index is 924. The maximum absolute atomic E-state index is 13.9. The van der Waals surface area contributed by atoms with Gasteiger partial charge in [-0.05, 0) is 45.4 Å². The molecule has 27 heavy (non-hydrogen) atoms. The molecule has 0 unspecified atom stereocenters. The number of hydrogen-bond donors (Lipinski definition) is 0. The Kier molecular flexibility index (Phi) is 3.86. The lowest BCUT2D eigenvalue weighted by molar-refractivity contribution is 0.0576. The van der Waals surface area contributed by atoms with Crippen molar-refractivity contribution in [1.29, 1.82) is 0 Å². The summed E-state index contributed by atoms with van der Waals surface area (Å²) in [5.41, 5.74) is 2.43. The molecule has 2 saturated heterocycles. The number of piperidine rings is 1. The minimum atomic E-state index is 0.122. The molecule has 144 valence electrons. The van der Waals surface area contributed by atoms with E-state index in [4.69, 9.17) is 11.6 Å². The van der Waals surface area contributed by atoms with Crippen LogP contribution in [0.2, 0.25) is 5.02 Å². The van der Waals surface area contributed by atoms with E-state index in [-0.39, 0.29) is 17.4 Å². The van der Waals surface area contributed by atoms with Crippen molar-refractivity contribution in [3.8, 4) is 0 Å². The van der Waals surface area contributed by atoms with Crippen LogP contribution >= 0.6 is 11.6 Å². The molecule has 5 nitrogen and oxygen atoms in total. The molecule has 0 N–H and O–H groups in total. The number of likely N-dealkylation sites (N-methyl/N-ethyl adjacent to an activating group) is 1. The summed E-state index contributed by atoms with van der Waals surface area (Å²) in [6.45, 7) is 5.32. The monoisotopic (exact) mass is 386 g/mol. The lowest BCUT2D eigenvalue weighted by Crippen LogP contribution is -2.51. The Morgan fingerprint density at radius 3 is 2.78 bits per heavy atom. The van der Waals surface area contributed by atoms with Gasteiger partial charge in [0.15, 0.2) is 0 Å². The second-order valence-electron chi connectivity index (χ2n) is 8.95. The van der Waals surface area contributed by atoms with Crippen molar-refractivity contribution in [2.24, 2.45) is 5.41 Å². The van der Waals surface area contributed by atoms with Gasteiger partial charge in [0, 0.05) is 36.3 Å². The predicted octanol–water partition coefficient (Wildman–Crippen LogP) is 3.77. The van der Waals surface area contributed by atoms with Crippen LogP contribution in [0.25, 0.3) is 5.65 Å². The van der Waals surface area contributed by atoms with Crippen LogP contribution in [-0.2, 0) is 0 Å². The van der Waals surface area contributed by atoms with Crippen LogP contribution in [0, 0.1) is 12.3 Å². The van der Waals surface area contributed by atoms with Crippen LogP contribution < -0.4 is 0 Å². The molecular weight excluding hydrogens is 360 g/mol. The highest BCUT2D eigenvalue weighted by atomic mass is 35.5. The molecule has 0 aromatic carbocycles. The zero-order valence-corrected chi connectivity index (χ0v) is 17.0. The maximum atomic E-state index is 13.9. The highest BCUT2D eigenvalue weighted by molar-refractivity contribution is 6.30. The molecule has 2 bridgehead atoms. The summed E-state index contributed by atoms with van der Waals surface area (Å²) in [6, 6.07) is 4.89. The van der Waals surface area contributed by atoms with E-state index in [0.717, 1.165) is 30.7 Å². The average Bonchev–Trinajstić information content (AvgIpc) is 2.98. The minimum absolute atomic E-state index is 0.122. The molecule has 2 aromatic rings. The number of likely N-dealkylation sites (tertiary alicyclic amines) is 2. The van der Waals surface area contributed by atoms with Gasteiger partial charge < -0.3 is 9.80 Å². The number of imidazole rings is 1. The van der Waals surface area contributed by atoms with E-state index in [2.05, 4.69) is 28.8 Å². The van der Waals surface area contributed by atoms with Gasteiger partial charge in [0.2, 0.25) is 0 Å². The van der Waals surface area contributed by atoms with E-state index in [9.17, 15) is 4.79 Å². The number of pyridine rings is 1. The van der Waals surface area contributed by atoms with E-state index < -0.39 is 0 Å². The summed E-state index contributed by atoms with van der Waals surface area (Å²) in [7, 11) is 2.24. The van der Waals surface area contributed by atoms with E-state index in [1.54, 1.807) is 0 Å². The summed E-state index contributed by atoms with van der Waals surface area (Å²) < 4.78 is 1.88. The van der Waals surface area contributed by atoms with Crippen LogP contribution in [0.15, 0.2) is 18.3 Å². The number of carbonyl (C=O) groups excluding carboxylic acids is 1. The van der Waals surface area contributed by atoms with Gasteiger partial charge in [-0.15, -0.1) is 0 Å². The largest absolute Gasteiger partial charge is 0.329 e. The molecule has 0 spiro atoms. The molecule has 0 radical (unpaired) electrons. The van der Waals surface area contributed by atoms with Gasteiger partial charge >= 0.3 is 0 Å². The van der Waals surface area contributed by atoms with Crippen LogP contribution in [0.4, 0.5) is 0 Å². The van der Waals surface area contributed by atoms with Crippen LogP contribution in [0.3, 0.4) is 0 Å². The van der Waals surface area contributed by atoms with Gasteiger partial charge in [-0.25, -0.2) is 4.98 Å². The first-order valence-electron chi connectivity index (χ1n) is 10.1. The van der Waals surface area contributed by atoms with Gasteiger partial charge in [-0.2, -0.15) is 0 Å². The van der Waals surface area contributed by atoms with Crippen LogP contribution in [0.5, 0.6) is 0 Å². The lowest BCUT2D eigenvalue weighted by Gasteiger charge is -2.44. The molecule has 3 fully saturated rings. The number of aromatic nitrogens is 2. The summed E-state index contributed by atoms with van der Waals surface area (Å²) in [4.78, 5) is 23.2. The third-order valence-corrected chi connectivity index (χ3v) is 7.58. The first-order valence-corrected chi connectivity index (χ1v) is 10.4. The van der Waals surface area contributed by atoms with Crippen molar-refractivity contribution in [1.82, 2.24) is 19.2 Å². The Balaban J connectivity index is 1.62. The number of rotatable bonds is 1. The maximum Gasteiger partial charge on any atom is 0.273 e. The Hall–Kier alpha value is -1.59. The fourth-order valence-corrected chi connectivity index (χ4v) is 6.47. The number of halogens is 1. The number of amides is 1. The molecule has 2 aromatic heterocycles. The second-order valence-corrected chi connectivity index (χ2v) is 9.39. The molecule has 6 heteroatoms. The van der Waals surface area contributed by atoms with Crippen molar-refractivity contribution >= 4 is 23.2 Å². The first-order chi connectivity index (χ1) is 12.9. The smallest absolute Gasteiger partial charge is 0.273 e. The number of aryl methyl sites for hydroxylation is 1. The Morgan fingerprint density at radius 2 is 2.00 bits per heavy atom. The number of hydrogen-bond acceptors (Lipinski definition) is 3. The highest BCUT2D eigenvalue weighted by Crippen LogP contribution is 2.53. The predicted molar refractivity (Wildman–Crippen MR) is 106 cm³/mol. The molecule has 3 aliphatic rings. The Morgan fingerprint density at radius 1 is 1.26 bits per heavy atom. The third-order valence-electron chi connectivity index (χ3n) is 7.36. The standard InChI is InChI=1S/C21H27ClN4O/c1-13-19(25-11-14(22)8-9-18(25)23-13)20(27)26-15-10-21(2)16(24(3)12-15)6-4-5-7-17(21)26/h8-9,11,15-17H,4-7,10,12H2,1-3H3/t15-,16+,17-,21+/m0/s1. The summed E-state index contributed by atoms with van der Waals surface area (Å²) in [5, 5.41) is 0.621. The van der Waals surface area contributed by atoms with Crippen molar-refractivity contribution < 1.29 is 4.79 Å². The molecule has 1 amide bonds. The quantitative estimate of drug-likeness (QED) is 0.749. The number of nitrogens with zero attached hydrogens (tertiary/aromatic N) is 4. The van der Waals surface area contributed by atoms with E-state index in [1.807, 2.05) is 29.7 Å². The van der Waals surface area contributed by atoms with E-state index in [0.29, 0.717) is 22.8 Å². The molecule has 4 atom stereocenters. The van der Waals surface area contributed by atoms with Gasteiger partial charge in [0.05, 0.1) is 10.7 Å². The SMILES string of the molecule is Cc1nc2ccc(Cl)cn2c1C(=O)N1[C@@H]2CN(C)[C@@H]3CCCC[C@H]1[C@]3(C)C2. The van der Waals surface area contributed by atoms with Gasteiger partial charge in [0.25, 0.3) is 5.91 Å². The third kappa shape index (κ3) is 2.40. The molecule has 1 aliphatic carbocycles. The van der Waals surface area contributed by atoms with Crippen molar-refractivity contribution in [3.63, 3.8) is 0 Å². The molecular formula is C21H27ClN4O. The zero-order valence-electron chi connectivity index (χ0n) is 16.3. The Labute approximate surface area is 165 Å². The first kappa shape index (κ1) is 17.5. The van der Waals surface area contributed by atoms with Crippen LogP contribution in [-0.4, -0.2) is 56.8 Å². The van der Waals surface area contributed by atoms with E-state index >= 15 is 0 Å². The second kappa shape index (κ2) is 5.95. The van der Waals surface area contributed by atoms with Crippen molar-refractivity contribution in [2.75, 3.05) is 13.6 Å². The normalized spacial score (nSPS) is 33.5. The fourth-order valence-electron chi connectivity index (χ4n) is 6.31. The molecule has 4 heterocycles. The van der Waals surface area contributed by atoms with Gasteiger partial charge in [0.1, 0.15) is 11.3 Å². The molecule has 5 rings (SSSR count). The molecule has 2 aliphatic heterocycles. The minimum Gasteiger partial charge on any atom is -0.329 e. The van der Waals surface area contributed by atoms with Crippen LogP contribution in [0.1, 0.15) is 55.2 Å². The summed E-state index contributed by atoms with van der Waals surface area (Å²) in [5.74, 6) is 0.122. The number of carbonyl (C=O) groups is 1. The average molecular weight is 387 g/mol. The zero-order chi connectivity index (χ0) is 18.9. The van der Waals surface area contributed by atoms with Gasteiger partial charge in [-0.3, -0.25) is 9.20 Å². The summed E-state index contributed by atoms with van der Waals surface area (Å²) >= 11 is 6.22. The van der Waals surface area contributed by atoms with Crippen molar-refractivity contribution in [2.45, 2.75) is 64.1 Å². The van der Waals surface area contributed by atoms with Gasteiger partial charge in [-0.1, -0.05) is 31.4 Å². The highest BCUT2D eigenvalue weighted by Gasteiger charge is 2.59. The topological polar surface area (TPSA) is 40.9 Å². The molecule has 1 saturated carbocycles. The fraction of sp³-hybridized carbons (Fsp3) is 0.619. The van der Waals surface area contributed by atoms with Crippen molar-refractivity contribution in [3.05, 3.63) is 34.7 Å².